The van der Waals surface area contributed by atoms with Crippen LogP contribution in [0.1, 0.15) is 63.1 Å². The molecule has 3 N–H and O–H groups in total. The van der Waals surface area contributed by atoms with Crippen molar-refractivity contribution in [1.82, 2.24) is 9.55 Å². The number of carbonyl (C=O) groups excluding carboxylic acids is 2. The highest BCUT2D eigenvalue weighted by Gasteiger charge is 2.22. The van der Waals surface area contributed by atoms with Gasteiger partial charge in [0.2, 0.25) is 5.78 Å². The number of aryl methyl sites for hydroxylation is 2. The summed E-state index contributed by atoms with van der Waals surface area (Å²) in [7, 11) is 0. The minimum atomic E-state index is -0.876. The van der Waals surface area contributed by atoms with E-state index in [2.05, 4.69) is 4.98 Å². The minimum Gasteiger partial charge on any atom is -0.453 e. The number of anilines is 1. The van der Waals surface area contributed by atoms with Crippen LogP contribution in [-0.2, 0) is 24.1 Å². The number of fused-ring (bicyclic) bond motifs is 1. The van der Waals surface area contributed by atoms with Crippen LogP contribution >= 0.6 is 11.3 Å². The van der Waals surface area contributed by atoms with E-state index in [1.807, 2.05) is 13.0 Å². The van der Waals surface area contributed by atoms with Crippen LogP contribution in [0.3, 0.4) is 0 Å². The lowest BCUT2D eigenvalue weighted by atomic mass is 10.1. The summed E-state index contributed by atoms with van der Waals surface area (Å²) in [5, 5.41) is 0. The summed E-state index contributed by atoms with van der Waals surface area (Å²) in [6.07, 6.45) is 5.90. The summed E-state index contributed by atoms with van der Waals surface area (Å²) in [5.41, 5.74) is 5.13. The van der Waals surface area contributed by atoms with Gasteiger partial charge < -0.3 is 10.5 Å². The zero-order valence-corrected chi connectivity index (χ0v) is 16.5. The van der Waals surface area contributed by atoms with E-state index in [1.54, 1.807) is 0 Å². The maximum absolute atomic E-state index is 12.4. The Morgan fingerprint density at radius 3 is 2.75 bits per heavy atom. The molecule has 3 rings (SSSR count). The van der Waals surface area contributed by atoms with Gasteiger partial charge in [-0.2, -0.15) is 0 Å². The number of thiophene rings is 1. The number of esters is 1. The number of nitrogens with two attached hydrogens (primary N) is 1. The lowest BCUT2D eigenvalue weighted by Gasteiger charge is -2.11. The van der Waals surface area contributed by atoms with Gasteiger partial charge >= 0.3 is 11.7 Å². The normalized spacial score (nSPS) is 13.6. The van der Waals surface area contributed by atoms with Gasteiger partial charge in [-0.25, -0.2) is 9.59 Å². The van der Waals surface area contributed by atoms with E-state index in [1.165, 1.54) is 28.2 Å². The molecule has 1 aliphatic rings. The van der Waals surface area contributed by atoms with Crippen LogP contribution in [0.5, 0.6) is 0 Å². The number of ether oxygens (including phenoxy) is 1. The van der Waals surface area contributed by atoms with Gasteiger partial charge in [0, 0.05) is 11.4 Å². The van der Waals surface area contributed by atoms with E-state index in [4.69, 9.17) is 10.5 Å². The van der Waals surface area contributed by atoms with Gasteiger partial charge in [0.05, 0.1) is 0 Å². The Kier molecular flexibility index (Phi) is 6.13. The maximum atomic E-state index is 12.4. The van der Waals surface area contributed by atoms with Gasteiger partial charge in [0.1, 0.15) is 16.3 Å². The standard InChI is InChI=1S/C19H23N3O5S/c1-2-8-22-16(20)15(17(24)21-19(22)26)12(23)10-27-18(25)14-9-11-6-4-3-5-7-13(11)28-14/h9H,2-8,10,20H2,1H3,(H,21,24,26). The van der Waals surface area contributed by atoms with Crippen LogP contribution in [-0.4, -0.2) is 27.9 Å². The molecule has 1 aliphatic carbocycles. The first-order chi connectivity index (χ1) is 13.4. The average Bonchev–Trinajstić information content (AvgIpc) is 2.93. The molecule has 2 heterocycles. The van der Waals surface area contributed by atoms with Crippen LogP contribution in [0.4, 0.5) is 5.82 Å². The van der Waals surface area contributed by atoms with E-state index >= 15 is 0 Å². The third-order valence-corrected chi connectivity index (χ3v) is 5.96. The van der Waals surface area contributed by atoms with Crippen LogP contribution in [0.2, 0.25) is 0 Å². The summed E-state index contributed by atoms with van der Waals surface area (Å²) in [5.74, 6) is -1.54. The van der Waals surface area contributed by atoms with E-state index in [-0.39, 0.29) is 17.9 Å². The highest BCUT2D eigenvalue weighted by molar-refractivity contribution is 7.14. The molecule has 2 aromatic heterocycles. The van der Waals surface area contributed by atoms with Gasteiger partial charge in [-0.05, 0) is 43.7 Å². The molecule has 9 heteroatoms. The fourth-order valence-corrected chi connectivity index (χ4v) is 4.49. The second-order valence-electron chi connectivity index (χ2n) is 6.79. The number of Topliss-reactive ketones (excluding diaryl/α,β-unsaturated/α-hetero) is 1. The third kappa shape index (κ3) is 4.09. The number of rotatable bonds is 6. The summed E-state index contributed by atoms with van der Waals surface area (Å²) in [4.78, 5) is 52.4. The number of nitrogens with zero attached hydrogens (tertiary/aromatic N) is 1. The van der Waals surface area contributed by atoms with Crippen molar-refractivity contribution in [2.45, 2.75) is 52.0 Å². The predicted octanol–water partition coefficient (Wildman–Crippen LogP) is 1.90. The molecule has 0 saturated carbocycles. The highest BCUT2D eigenvalue weighted by atomic mass is 32.1. The second kappa shape index (κ2) is 8.55. The first kappa shape index (κ1) is 20.1. The molecule has 0 atom stereocenters. The van der Waals surface area contributed by atoms with Crippen LogP contribution in [0.25, 0.3) is 0 Å². The zero-order chi connectivity index (χ0) is 20.3. The minimum absolute atomic E-state index is 0.209. The topological polar surface area (TPSA) is 124 Å². The SMILES string of the molecule is CCCn1c(N)c(C(=O)COC(=O)c2cc3c(s2)CCCCC3)c(=O)[nH]c1=O. The molecule has 8 nitrogen and oxygen atoms in total. The summed E-state index contributed by atoms with van der Waals surface area (Å²) in [6, 6.07) is 1.83. The molecule has 28 heavy (non-hydrogen) atoms. The van der Waals surface area contributed by atoms with Crippen molar-refractivity contribution in [3.8, 4) is 0 Å². The van der Waals surface area contributed by atoms with E-state index in [0.717, 1.165) is 30.3 Å². The fraction of sp³-hybridized carbons (Fsp3) is 0.474. The van der Waals surface area contributed by atoms with E-state index in [0.29, 0.717) is 11.3 Å². The van der Waals surface area contributed by atoms with E-state index in [9.17, 15) is 19.2 Å². The molecule has 0 radical (unpaired) electrons. The molecule has 0 aromatic carbocycles. The summed E-state index contributed by atoms with van der Waals surface area (Å²) >= 11 is 1.40. The Bertz CT molecular complexity index is 994. The molecule has 0 spiro atoms. The number of ketones is 1. The Morgan fingerprint density at radius 2 is 2.00 bits per heavy atom. The van der Waals surface area contributed by atoms with Crippen molar-refractivity contribution in [2.24, 2.45) is 0 Å². The molecule has 150 valence electrons. The first-order valence-electron chi connectivity index (χ1n) is 9.36. The number of carbonyl (C=O) groups is 2. The number of aromatic nitrogens is 2. The molecule has 2 aromatic rings. The molecule has 0 aliphatic heterocycles. The van der Waals surface area contributed by atoms with Crippen molar-refractivity contribution >= 4 is 28.9 Å². The quantitative estimate of drug-likeness (QED) is 0.430. The van der Waals surface area contributed by atoms with Crippen LogP contribution < -0.4 is 17.0 Å². The molecular formula is C19H23N3O5S. The Balaban J connectivity index is 1.74. The maximum Gasteiger partial charge on any atom is 0.348 e. The Hall–Kier alpha value is -2.68. The smallest absolute Gasteiger partial charge is 0.348 e. The van der Waals surface area contributed by atoms with Gasteiger partial charge in [0.25, 0.3) is 5.56 Å². The molecule has 0 unspecified atom stereocenters. The number of nitrogen functional groups attached to an aromatic ring is 1. The predicted molar refractivity (Wildman–Crippen MR) is 106 cm³/mol. The zero-order valence-electron chi connectivity index (χ0n) is 15.7. The number of hydrogen-bond donors (Lipinski definition) is 2. The van der Waals surface area contributed by atoms with Gasteiger partial charge in [-0.3, -0.25) is 19.1 Å². The summed E-state index contributed by atoms with van der Waals surface area (Å²) < 4.78 is 6.25. The van der Waals surface area contributed by atoms with E-state index < -0.39 is 29.6 Å². The van der Waals surface area contributed by atoms with Gasteiger partial charge in [-0.15, -0.1) is 11.3 Å². The van der Waals surface area contributed by atoms with Crippen LogP contribution in [0, 0.1) is 0 Å². The number of aromatic amines is 1. The molecule has 0 saturated heterocycles. The van der Waals surface area contributed by atoms with Gasteiger partial charge in [-0.1, -0.05) is 13.3 Å². The number of nitrogens with one attached hydrogen (secondary N) is 1. The van der Waals surface area contributed by atoms with Crippen molar-refractivity contribution < 1.29 is 14.3 Å². The molecule has 0 amide bonds. The van der Waals surface area contributed by atoms with Crippen molar-refractivity contribution in [3.05, 3.63) is 47.8 Å². The van der Waals surface area contributed by atoms with Crippen molar-refractivity contribution in [2.75, 3.05) is 12.3 Å². The van der Waals surface area contributed by atoms with Crippen LogP contribution in [0.15, 0.2) is 15.7 Å². The molecular weight excluding hydrogens is 382 g/mol. The Morgan fingerprint density at radius 1 is 1.25 bits per heavy atom. The first-order valence-corrected chi connectivity index (χ1v) is 10.2. The lowest BCUT2D eigenvalue weighted by molar-refractivity contribution is 0.0479. The number of hydrogen-bond acceptors (Lipinski definition) is 7. The van der Waals surface area contributed by atoms with Gasteiger partial charge in [0.15, 0.2) is 6.61 Å². The summed E-state index contributed by atoms with van der Waals surface area (Å²) in [6.45, 7) is 1.49. The average molecular weight is 405 g/mol. The Labute approximate surface area is 165 Å². The lowest BCUT2D eigenvalue weighted by Crippen LogP contribution is -2.37. The highest BCUT2D eigenvalue weighted by Crippen LogP contribution is 2.29. The fourth-order valence-electron chi connectivity index (χ4n) is 3.35. The molecule has 0 fully saturated rings. The molecule has 0 bridgehead atoms. The van der Waals surface area contributed by atoms with Crippen molar-refractivity contribution in [1.29, 1.82) is 0 Å². The third-order valence-electron chi connectivity index (χ3n) is 4.75. The van der Waals surface area contributed by atoms with Crippen molar-refractivity contribution in [3.63, 3.8) is 0 Å². The number of H-pyrrole nitrogens is 1. The monoisotopic (exact) mass is 405 g/mol. The largest absolute Gasteiger partial charge is 0.453 e. The second-order valence-corrected chi connectivity index (χ2v) is 7.93.